The SMILES string of the molecule is CNc1nc(CCc2ccccc2NC(C)=O)nc2sc(C(=O)O)c(C)c12. The molecule has 3 rings (SSSR count). The van der Waals surface area contributed by atoms with Gasteiger partial charge in [-0.3, -0.25) is 4.79 Å². The van der Waals surface area contributed by atoms with Gasteiger partial charge >= 0.3 is 5.97 Å². The maximum absolute atomic E-state index is 11.4. The molecule has 0 aliphatic carbocycles. The Balaban J connectivity index is 1.92. The summed E-state index contributed by atoms with van der Waals surface area (Å²) in [5.74, 6) is 0.185. The third-order valence-electron chi connectivity index (χ3n) is 4.21. The molecule has 7 nitrogen and oxygen atoms in total. The van der Waals surface area contributed by atoms with Crippen LogP contribution in [0.5, 0.6) is 0 Å². The monoisotopic (exact) mass is 384 g/mol. The number of aryl methyl sites for hydroxylation is 3. The largest absolute Gasteiger partial charge is 0.477 e. The number of para-hydroxylation sites is 1. The minimum atomic E-state index is -0.955. The highest BCUT2D eigenvalue weighted by Gasteiger charge is 2.19. The van der Waals surface area contributed by atoms with Crippen LogP contribution in [0.1, 0.15) is 33.5 Å². The summed E-state index contributed by atoms with van der Waals surface area (Å²) in [6.07, 6.45) is 1.22. The lowest BCUT2D eigenvalue weighted by molar-refractivity contribution is -0.114. The summed E-state index contributed by atoms with van der Waals surface area (Å²) < 4.78 is 0. The van der Waals surface area contributed by atoms with Gasteiger partial charge < -0.3 is 15.7 Å². The van der Waals surface area contributed by atoms with E-state index in [1.54, 1.807) is 14.0 Å². The molecule has 2 heterocycles. The average molecular weight is 384 g/mol. The lowest BCUT2D eigenvalue weighted by atomic mass is 10.1. The Morgan fingerprint density at radius 1 is 1.19 bits per heavy atom. The fourth-order valence-electron chi connectivity index (χ4n) is 2.98. The maximum atomic E-state index is 11.4. The number of nitrogens with zero attached hydrogens (tertiary/aromatic N) is 2. The van der Waals surface area contributed by atoms with Crippen molar-refractivity contribution in [2.24, 2.45) is 0 Å². The zero-order chi connectivity index (χ0) is 19.6. The standard InChI is InChI=1S/C19H20N4O3S/c1-10-15-17(20-3)22-14(23-18(15)27-16(10)19(25)26)9-8-12-6-4-5-7-13(12)21-11(2)24/h4-7H,8-9H2,1-3H3,(H,21,24)(H,25,26)(H,20,22,23). The van der Waals surface area contributed by atoms with Crippen LogP contribution in [0.15, 0.2) is 24.3 Å². The molecular formula is C19H20N4O3S. The lowest BCUT2D eigenvalue weighted by Gasteiger charge is -2.10. The summed E-state index contributed by atoms with van der Waals surface area (Å²) in [5.41, 5.74) is 2.45. The van der Waals surface area contributed by atoms with E-state index in [0.29, 0.717) is 34.9 Å². The predicted octanol–water partition coefficient (Wildman–Crippen LogP) is 3.48. The summed E-state index contributed by atoms with van der Waals surface area (Å²) in [5, 5.41) is 16.0. The summed E-state index contributed by atoms with van der Waals surface area (Å²) in [7, 11) is 1.76. The van der Waals surface area contributed by atoms with E-state index in [1.807, 2.05) is 24.3 Å². The Kier molecular flexibility index (Phi) is 5.36. The number of amides is 1. The Bertz CT molecular complexity index is 1030. The average Bonchev–Trinajstić information content (AvgIpc) is 2.97. The second-order valence-corrected chi connectivity index (χ2v) is 7.12. The number of carbonyl (C=O) groups is 2. The molecule has 27 heavy (non-hydrogen) atoms. The van der Waals surface area contributed by atoms with Gasteiger partial charge in [-0.2, -0.15) is 0 Å². The first-order valence-corrected chi connectivity index (χ1v) is 9.29. The fraction of sp³-hybridized carbons (Fsp3) is 0.263. The van der Waals surface area contributed by atoms with Crippen LogP contribution in [0.4, 0.5) is 11.5 Å². The topological polar surface area (TPSA) is 104 Å². The molecule has 0 unspecified atom stereocenters. The van der Waals surface area contributed by atoms with Gasteiger partial charge in [-0.1, -0.05) is 18.2 Å². The van der Waals surface area contributed by atoms with Gasteiger partial charge in [0.15, 0.2) is 0 Å². The molecular weight excluding hydrogens is 364 g/mol. The smallest absolute Gasteiger partial charge is 0.346 e. The molecule has 3 N–H and O–H groups in total. The number of fused-ring (bicyclic) bond motifs is 1. The van der Waals surface area contributed by atoms with E-state index in [2.05, 4.69) is 20.6 Å². The number of hydrogen-bond acceptors (Lipinski definition) is 6. The third-order valence-corrected chi connectivity index (χ3v) is 5.39. The number of carbonyl (C=O) groups excluding carboxylic acids is 1. The van der Waals surface area contributed by atoms with Crippen molar-refractivity contribution in [2.45, 2.75) is 26.7 Å². The van der Waals surface area contributed by atoms with Crippen LogP contribution in [0, 0.1) is 6.92 Å². The van der Waals surface area contributed by atoms with Crippen LogP contribution < -0.4 is 10.6 Å². The molecule has 0 atom stereocenters. The highest BCUT2D eigenvalue weighted by molar-refractivity contribution is 7.20. The molecule has 0 saturated heterocycles. The number of hydrogen-bond donors (Lipinski definition) is 3. The molecule has 0 bridgehead atoms. The maximum Gasteiger partial charge on any atom is 0.346 e. The molecule has 8 heteroatoms. The van der Waals surface area contributed by atoms with Gasteiger partial charge in [0.25, 0.3) is 0 Å². The second-order valence-electron chi connectivity index (χ2n) is 6.12. The normalized spacial score (nSPS) is 10.8. The molecule has 0 aliphatic rings. The number of aromatic nitrogens is 2. The van der Waals surface area contributed by atoms with E-state index in [4.69, 9.17) is 0 Å². The number of carboxylic acids is 1. The van der Waals surface area contributed by atoms with Crippen LogP contribution in [-0.2, 0) is 17.6 Å². The van der Waals surface area contributed by atoms with Gasteiger partial charge in [0.05, 0.1) is 5.39 Å². The summed E-state index contributed by atoms with van der Waals surface area (Å²) >= 11 is 1.16. The molecule has 1 aromatic carbocycles. The number of anilines is 2. The molecule has 0 saturated carbocycles. The van der Waals surface area contributed by atoms with Gasteiger partial charge in [-0.25, -0.2) is 14.8 Å². The van der Waals surface area contributed by atoms with Crippen molar-refractivity contribution in [3.8, 4) is 0 Å². The van der Waals surface area contributed by atoms with Gasteiger partial charge in [0, 0.05) is 26.1 Å². The Morgan fingerprint density at radius 3 is 2.59 bits per heavy atom. The molecule has 1 amide bonds. The van der Waals surface area contributed by atoms with Crippen molar-refractivity contribution in [3.63, 3.8) is 0 Å². The quantitative estimate of drug-likeness (QED) is 0.601. The predicted molar refractivity (Wildman–Crippen MR) is 107 cm³/mol. The first-order valence-electron chi connectivity index (χ1n) is 8.47. The minimum Gasteiger partial charge on any atom is -0.477 e. The summed E-state index contributed by atoms with van der Waals surface area (Å²) in [6.45, 7) is 3.25. The first kappa shape index (κ1) is 18.8. The highest BCUT2D eigenvalue weighted by Crippen LogP contribution is 2.34. The first-order chi connectivity index (χ1) is 12.9. The van der Waals surface area contributed by atoms with E-state index in [1.165, 1.54) is 6.92 Å². The molecule has 140 valence electrons. The van der Waals surface area contributed by atoms with Crippen molar-refractivity contribution in [3.05, 3.63) is 46.1 Å². The van der Waals surface area contributed by atoms with Crippen molar-refractivity contribution in [2.75, 3.05) is 17.7 Å². The van der Waals surface area contributed by atoms with Crippen LogP contribution in [0.25, 0.3) is 10.2 Å². The van der Waals surface area contributed by atoms with E-state index in [-0.39, 0.29) is 10.8 Å². The van der Waals surface area contributed by atoms with Crippen molar-refractivity contribution in [1.29, 1.82) is 0 Å². The Labute approximate surface area is 160 Å². The minimum absolute atomic E-state index is 0.118. The molecule has 2 aromatic heterocycles. The van der Waals surface area contributed by atoms with Gasteiger partial charge in [0.2, 0.25) is 5.91 Å². The van der Waals surface area contributed by atoms with Crippen LogP contribution in [0.3, 0.4) is 0 Å². The number of rotatable bonds is 6. The highest BCUT2D eigenvalue weighted by atomic mass is 32.1. The van der Waals surface area contributed by atoms with E-state index in [0.717, 1.165) is 28.0 Å². The molecule has 0 fully saturated rings. The number of carboxylic acid groups (broad SMARTS) is 1. The summed E-state index contributed by atoms with van der Waals surface area (Å²) in [6, 6.07) is 7.62. The van der Waals surface area contributed by atoms with Gasteiger partial charge in [0.1, 0.15) is 21.3 Å². The molecule has 3 aromatic rings. The summed E-state index contributed by atoms with van der Waals surface area (Å²) in [4.78, 5) is 32.9. The number of benzene rings is 1. The number of aromatic carboxylic acids is 1. The fourth-order valence-corrected chi connectivity index (χ4v) is 4.01. The zero-order valence-corrected chi connectivity index (χ0v) is 16.1. The molecule has 0 radical (unpaired) electrons. The second kappa shape index (κ2) is 7.71. The third kappa shape index (κ3) is 3.90. The van der Waals surface area contributed by atoms with Crippen LogP contribution >= 0.6 is 11.3 Å². The lowest BCUT2D eigenvalue weighted by Crippen LogP contribution is -2.09. The van der Waals surface area contributed by atoms with Crippen molar-refractivity contribution < 1.29 is 14.7 Å². The Hall–Kier alpha value is -3.00. The van der Waals surface area contributed by atoms with Crippen molar-refractivity contribution in [1.82, 2.24) is 9.97 Å². The molecule has 0 spiro atoms. The van der Waals surface area contributed by atoms with Crippen LogP contribution in [-0.4, -0.2) is 34.0 Å². The van der Waals surface area contributed by atoms with E-state index >= 15 is 0 Å². The van der Waals surface area contributed by atoms with Gasteiger partial charge in [-0.15, -0.1) is 11.3 Å². The van der Waals surface area contributed by atoms with Crippen molar-refractivity contribution >= 4 is 44.9 Å². The van der Waals surface area contributed by atoms with Gasteiger partial charge in [-0.05, 0) is 30.5 Å². The van der Waals surface area contributed by atoms with Crippen LogP contribution in [0.2, 0.25) is 0 Å². The number of thiophene rings is 1. The number of nitrogens with one attached hydrogen (secondary N) is 2. The van der Waals surface area contributed by atoms with E-state index < -0.39 is 5.97 Å². The zero-order valence-electron chi connectivity index (χ0n) is 15.3. The Morgan fingerprint density at radius 2 is 1.93 bits per heavy atom. The van der Waals surface area contributed by atoms with E-state index in [9.17, 15) is 14.7 Å². The molecule has 0 aliphatic heterocycles.